The number of hydrogen-bond donors (Lipinski definition) is 2. The number of rotatable bonds is 2. The Hall–Kier alpha value is -0.870. The first-order valence-corrected chi connectivity index (χ1v) is 5.43. The average molecular weight is 209 g/mol. The molecule has 4 heteroatoms. The summed E-state index contributed by atoms with van der Waals surface area (Å²) in [5.74, 6) is 1.20. The van der Waals surface area contributed by atoms with Crippen molar-refractivity contribution in [2.75, 3.05) is 20.1 Å². The minimum absolute atomic E-state index is 0.540. The molecule has 1 unspecified atom stereocenters. The minimum atomic E-state index is -0.872. The van der Waals surface area contributed by atoms with Crippen molar-refractivity contribution < 1.29 is 5.11 Å². The summed E-state index contributed by atoms with van der Waals surface area (Å²) < 4.78 is 0. The van der Waals surface area contributed by atoms with E-state index in [1.165, 1.54) is 6.42 Å². The number of aliphatic hydroxyl groups is 1. The molecule has 84 valence electrons. The van der Waals surface area contributed by atoms with Crippen molar-refractivity contribution in [3.63, 3.8) is 0 Å². The monoisotopic (exact) mass is 209 g/mol. The molecule has 0 spiro atoms. The standard InChI is InChI=1S/C11H19N3O/c1-11(2,15)10-12-6-9(13-10)8-4-5-14(3)7-8/h6,8,15H,4-5,7H2,1-3H3,(H,12,13). The van der Waals surface area contributed by atoms with Crippen LogP contribution in [0.3, 0.4) is 0 Å². The Morgan fingerprint density at radius 3 is 2.80 bits per heavy atom. The van der Waals surface area contributed by atoms with Crippen LogP contribution in [0.2, 0.25) is 0 Å². The third-order valence-corrected chi connectivity index (χ3v) is 3.01. The van der Waals surface area contributed by atoms with Crippen LogP contribution < -0.4 is 0 Å². The molecule has 15 heavy (non-hydrogen) atoms. The normalized spacial score (nSPS) is 23.6. The van der Waals surface area contributed by atoms with E-state index in [1.54, 1.807) is 13.8 Å². The Morgan fingerprint density at radius 2 is 2.33 bits per heavy atom. The molecule has 1 aromatic heterocycles. The third kappa shape index (κ3) is 2.21. The molecule has 1 saturated heterocycles. The van der Waals surface area contributed by atoms with Gasteiger partial charge >= 0.3 is 0 Å². The molecular weight excluding hydrogens is 190 g/mol. The van der Waals surface area contributed by atoms with Crippen molar-refractivity contribution in [3.8, 4) is 0 Å². The largest absolute Gasteiger partial charge is 0.383 e. The summed E-state index contributed by atoms with van der Waals surface area (Å²) in [5, 5.41) is 9.79. The number of aromatic amines is 1. The molecule has 2 rings (SSSR count). The van der Waals surface area contributed by atoms with Gasteiger partial charge in [-0.1, -0.05) is 0 Å². The molecule has 1 atom stereocenters. The van der Waals surface area contributed by atoms with Gasteiger partial charge in [0.2, 0.25) is 0 Å². The second-order valence-corrected chi connectivity index (χ2v) is 4.99. The van der Waals surface area contributed by atoms with Gasteiger partial charge in [-0.25, -0.2) is 4.98 Å². The van der Waals surface area contributed by atoms with Crippen molar-refractivity contribution in [3.05, 3.63) is 17.7 Å². The molecule has 4 nitrogen and oxygen atoms in total. The molecule has 1 fully saturated rings. The number of aromatic nitrogens is 2. The lowest BCUT2D eigenvalue weighted by molar-refractivity contribution is 0.0695. The molecule has 0 bridgehead atoms. The Balaban J connectivity index is 2.14. The zero-order valence-corrected chi connectivity index (χ0v) is 9.62. The van der Waals surface area contributed by atoms with E-state index in [9.17, 15) is 5.11 Å². The molecule has 0 saturated carbocycles. The summed E-state index contributed by atoms with van der Waals surface area (Å²) in [5.41, 5.74) is 0.277. The third-order valence-electron chi connectivity index (χ3n) is 3.01. The molecule has 0 radical (unpaired) electrons. The Bertz CT molecular complexity index is 340. The fourth-order valence-corrected chi connectivity index (χ4v) is 2.04. The van der Waals surface area contributed by atoms with Crippen molar-refractivity contribution in [1.29, 1.82) is 0 Å². The van der Waals surface area contributed by atoms with E-state index in [0.29, 0.717) is 11.7 Å². The van der Waals surface area contributed by atoms with Gasteiger partial charge in [0.1, 0.15) is 11.4 Å². The van der Waals surface area contributed by atoms with Gasteiger partial charge in [-0.05, 0) is 33.9 Å². The number of nitrogens with one attached hydrogen (secondary N) is 1. The Labute approximate surface area is 90.3 Å². The lowest BCUT2D eigenvalue weighted by Gasteiger charge is -2.13. The van der Waals surface area contributed by atoms with Crippen molar-refractivity contribution in [2.24, 2.45) is 0 Å². The van der Waals surface area contributed by atoms with Gasteiger partial charge in [-0.2, -0.15) is 0 Å². The quantitative estimate of drug-likeness (QED) is 0.765. The summed E-state index contributed by atoms with van der Waals surface area (Å²) in [6.07, 6.45) is 3.03. The first-order valence-electron chi connectivity index (χ1n) is 5.43. The van der Waals surface area contributed by atoms with Gasteiger partial charge in [0.25, 0.3) is 0 Å². The van der Waals surface area contributed by atoms with E-state index in [1.807, 2.05) is 6.20 Å². The SMILES string of the molecule is CN1CCC(c2cnc(C(C)(C)O)[nH]2)C1. The predicted octanol–water partition coefficient (Wildman–Crippen LogP) is 1.06. The Morgan fingerprint density at radius 1 is 1.60 bits per heavy atom. The van der Waals surface area contributed by atoms with Gasteiger partial charge in [-0.15, -0.1) is 0 Å². The molecule has 1 aliphatic heterocycles. The van der Waals surface area contributed by atoms with E-state index in [2.05, 4.69) is 21.9 Å². The summed E-state index contributed by atoms with van der Waals surface area (Å²) in [6, 6.07) is 0. The number of hydrogen-bond acceptors (Lipinski definition) is 3. The van der Waals surface area contributed by atoms with Gasteiger partial charge < -0.3 is 15.0 Å². The highest BCUT2D eigenvalue weighted by molar-refractivity contribution is 5.13. The smallest absolute Gasteiger partial charge is 0.137 e. The summed E-state index contributed by atoms with van der Waals surface area (Å²) in [4.78, 5) is 9.78. The van der Waals surface area contributed by atoms with Crippen LogP contribution in [0.4, 0.5) is 0 Å². The predicted molar refractivity (Wildman–Crippen MR) is 58.7 cm³/mol. The van der Waals surface area contributed by atoms with E-state index in [0.717, 1.165) is 18.8 Å². The van der Waals surface area contributed by atoms with Crippen molar-refractivity contribution in [1.82, 2.24) is 14.9 Å². The fraction of sp³-hybridized carbons (Fsp3) is 0.727. The van der Waals surface area contributed by atoms with Crippen LogP contribution in [0.5, 0.6) is 0 Å². The van der Waals surface area contributed by atoms with Crippen LogP contribution in [-0.2, 0) is 5.60 Å². The molecule has 2 N–H and O–H groups in total. The van der Waals surface area contributed by atoms with Crippen molar-refractivity contribution >= 4 is 0 Å². The van der Waals surface area contributed by atoms with Crippen LogP contribution in [0, 0.1) is 0 Å². The lowest BCUT2D eigenvalue weighted by atomic mass is 10.1. The number of imidazole rings is 1. The number of likely N-dealkylation sites (tertiary alicyclic amines) is 1. The number of likely N-dealkylation sites (N-methyl/N-ethyl adjacent to an activating group) is 1. The minimum Gasteiger partial charge on any atom is -0.383 e. The van der Waals surface area contributed by atoms with Gasteiger partial charge in [0.15, 0.2) is 0 Å². The van der Waals surface area contributed by atoms with Crippen LogP contribution in [-0.4, -0.2) is 40.1 Å². The average Bonchev–Trinajstić information content (AvgIpc) is 2.69. The van der Waals surface area contributed by atoms with Crippen LogP contribution in [0.15, 0.2) is 6.20 Å². The second-order valence-electron chi connectivity index (χ2n) is 4.99. The lowest BCUT2D eigenvalue weighted by Crippen LogP contribution is -2.18. The molecule has 2 heterocycles. The van der Waals surface area contributed by atoms with E-state index in [4.69, 9.17) is 0 Å². The molecule has 0 amide bonds. The first kappa shape index (κ1) is 10.6. The second kappa shape index (κ2) is 3.61. The highest BCUT2D eigenvalue weighted by Crippen LogP contribution is 2.26. The zero-order chi connectivity index (χ0) is 11.1. The topological polar surface area (TPSA) is 52.1 Å². The van der Waals surface area contributed by atoms with Gasteiger partial charge in [-0.3, -0.25) is 0 Å². The number of H-pyrrole nitrogens is 1. The van der Waals surface area contributed by atoms with Crippen LogP contribution in [0.25, 0.3) is 0 Å². The Kier molecular flexibility index (Phi) is 2.56. The molecular formula is C11H19N3O. The van der Waals surface area contributed by atoms with E-state index in [-0.39, 0.29) is 0 Å². The van der Waals surface area contributed by atoms with Crippen LogP contribution >= 0.6 is 0 Å². The summed E-state index contributed by atoms with van der Waals surface area (Å²) in [7, 11) is 2.13. The maximum absolute atomic E-state index is 9.79. The fourth-order valence-electron chi connectivity index (χ4n) is 2.04. The highest BCUT2D eigenvalue weighted by Gasteiger charge is 2.25. The maximum atomic E-state index is 9.79. The molecule has 0 aromatic carbocycles. The maximum Gasteiger partial charge on any atom is 0.137 e. The summed E-state index contributed by atoms with van der Waals surface area (Å²) >= 11 is 0. The van der Waals surface area contributed by atoms with Crippen molar-refractivity contribution in [2.45, 2.75) is 31.8 Å². The molecule has 1 aromatic rings. The summed E-state index contributed by atoms with van der Waals surface area (Å²) in [6.45, 7) is 5.71. The molecule has 0 aliphatic carbocycles. The highest BCUT2D eigenvalue weighted by atomic mass is 16.3. The zero-order valence-electron chi connectivity index (χ0n) is 9.62. The first-order chi connectivity index (χ1) is 6.97. The molecule has 1 aliphatic rings. The van der Waals surface area contributed by atoms with Gasteiger partial charge in [0.05, 0.1) is 0 Å². The van der Waals surface area contributed by atoms with Gasteiger partial charge in [0, 0.05) is 24.4 Å². The van der Waals surface area contributed by atoms with Crippen LogP contribution in [0.1, 0.15) is 37.7 Å². The van der Waals surface area contributed by atoms with E-state index < -0.39 is 5.60 Å². The van der Waals surface area contributed by atoms with E-state index >= 15 is 0 Å². The number of nitrogens with zero attached hydrogens (tertiary/aromatic N) is 2.